The molecule has 1 fully saturated rings. The molecule has 0 bridgehead atoms. The van der Waals surface area contributed by atoms with Crippen LogP contribution in [-0.4, -0.2) is 83.5 Å². The number of unbranched alkanes of at least 4 members (excludes halogenated alkanes) is 5. The zero-order chi connectivity index (χ0) is 41.5. The van der Waals surface area contributed by atoms with E-state index >= 15 is 0 Å². The van der Waals surface area contributed by atoms with Gasteiger partial charge in [0.05, 0.1) is 18.7 Å². The number of fused-ring (bicyclic) bond motifs is 2. The Bertz CT molecular complexity index is 2150. The predicted molar refractivity (Wildman–Crippen MR) is 228 cm³/mol. The van der Waals surface area contributed by atoms with E-state index in [1.54, 1.807) is 36.1 Å². The molecule has 6 rings (SSSR count). The number of nitrogens with one attached hydrogen (secondary N) is 6. The summed E-state index contributed by atoms with van der Waals surface area (Å²) >= 11 is 7.71. The number of hydrogen-bond acceptors (Lipinski definition) is 10. The van der Waals surface area contributed by atoms with Crippen LogP contribution in [0.3, 0.4) is 0 Å². The Morgan fingerprint density at radius 2 is 1.64 bits per heavy atom. The lowest BCUT2D eigenvalue weighted by Gasteiger charge is -2.29. The van der Waals surface area contributed by atoms with Crippen molar-refractivity contribution in [2.24, 2.45) is 4.99 Å². The number of rotatable bonds is 16. The minimum Gasteiger partial charge on any atom is -0.376 e. The van der Waals surface area contributed by atoms with Crippen molar-refractivity contribution in [2.75, 3.05) is 29.9 Å². The first kappa shape index (κ1) is 42.2. The van der Waals surface area contributed by atoms with E-state index in [0.717, 1.165) is 70.7 Å². The average molecular weight is 828 g/mol. The molecule has 1 saturated heterocycles. The third kappa shape index (κ3) is 9.64. The first-order valence-corrected chi connectivity index (χ1v) is 20.9. The highest BCUT2D eigenvalue weighted by atomic mass is 35.5. The number of aliphatic imine (C=N–C) groups is 1. The van der Waals surface area contributed by atoms with Crippen LogP contribution in [0.2, 0.25) is 5.02 Å². The van der Waals surface area contributed by atoms with Crippen molar-refractivity contribution in [1.29, 1.82) is 10.8 Å². The van der Waals surface area contributed by atoms with Crippen molar-refractivity contribution >= 4 is 80.5 Å². The fourth-order valence-corrected chi connectivity index (χ4v) is 8.89. The lowest BCUT2D eigenvalue weighted by molar-refractivity contribution is -0.137. The predicted octanol–water partition coefficient (Wildman–Crippen LogP) is 5.85. The molecule has 14 nitrogen and oxygen atoms in total. The molecule has 306 valence electrons. The maximum absolute atomic E-state index is 13.2. The molecular weight excluding hydrogens is 778 g/mol. The summed E-state index contributed by atoms with van der Waals surface area (Å²) in [5.74, 6) is -1.12. The Morgan fingerprint density at radius 1 is 0.966 bits per heavy atom. The summed E-state index contributed by atoms with van der Waals surface area (Å²) in [6.07, 6.45) is 6.01. The smallest absolute Gasteiger partial charge is 0.255 e. The number of hydrogen-bond donors (Lipinski definition) is 6. The Labute approximate surface area is 347 Å². The van der Waals surface area contributed by atoms with E-state index in [4.69, 9.17) is 27.4 Å². The number of aryl methyl sites for hydroxylation is 1. The molecule has 5 amide bonds. The van der Waals surface area contributed by atoms with Gasteiger partial charge >= 0.3 is 0 Å². The molecule has 0 spiro atoms. The van der Waals surface area contributed by atoms with E-state index in [9.17, 15) is 24.0 Å². The van der Waals surface area contributed by atoms with E-state index in [1.165, 1.54) is 16.2 Å². The molecule has 3 aliphatic rings. The number of amidine groups is 2. The molecule has 2 aromatic carbocycles. The molecule has 0 saturated carbocycles. The van der Waals surface area contributed by atoms with E-state index in [-0.39, 0.29) is 67.7 Å². The number of halogens is 1. The molecular formula is C42H50ClN9O5S. The molecule has 3 aromatic rings. The fraction of sp³-hybridized carbons (Fsp3) is 0.429. The topological polar surface area (TPSA) is 200 Å². The summed E-state index contributed by atoms with van der Waals surface area (Å²) in [6, 6.07) is 11.2. The lowest BCUT2D eigenvalue weighted by Crippen LogP contribution is -2.52. The number of carbonyl (C=O) groups excluding carboxylic acids is 5. The van der Waals surface area contributed by atoms with Crippen LogP contribution < -0.4 is 26.2 Å². The van der Waals surface area contributed by atoms with Gasteiger partial charge in [0.1, 0.15) is 28.8 Å². The second kappa shape index (κ2) is 18.9. The van der Waals surface area contributed by atoms with Crippen LogP contribution in [0.15, 0.2) is 47.5 Å². The zero-order valence-corrected chi connectivity index (χ0v) is 34.6. The fourth-order valence-electron chi connectivity index (χ4n) is 7.54. The van der Waals surface area contributed by atoms with Crippen LogP contribution in [0.1, 0.15) is 102 Å². The lowest BCUT2D eigenvalue weighted by atomic mass is 9.99. The normalized spacial score (nSPS) is 17.6. The van der Waals surface area contributed by atoms with Crippen molar-refractivity contribution < 1.29 is 24.0 Å². The van der Waals surface area contributed by atoms with Gasteiger partial charge < -0.3 is 20.9 Å². The first-order valence-electron chi connectivity index (χ1n) is 19.8. The van der Waals surface area contributed by atoms with Gasteiger partial charge in [-0.2, -0.15) is 0 Å². The molecule has 0 radical (unpaired) electrons. The average Bonchev–Trinajstić information content (AvgIpc) is 3.63. The molecule has 1 aromatic heterocycles. The monoisotopic (exact) mass is 827 g/mol. The highest BCUT2D eigenvalue weighted by Crippen LogP contribution is 2.40. The molecule has 0 aliphatic carbocycles. The summed E-state index contributed by atoms with van der Waals surface area (Å²) in [7, 11) is 0. The van der Waals surface area contributed by atoms with Crippen LogP contribution in [0, 0.1) is 24.7 Å². The Morgan fingerprint density at radius 3 is 2.31 bits per heavy atom. The number of imide groups is 1. The second-order valence-corrected chi connectivity index (χ2v) is 16.5. The number of carbonyl (C=O) groups is 5. The van der Waals surface area contributed by atoms with Crippen molar-refractivity contribution in [2.45, 2.75) is 97.2 Å². The van der Waals surface area contributed by atoms with Crippen LogP contribution in [0.5, 0.6) is 0 Å². The van der Waals surface area contributed by atoms with E-state index < -0.39 is 18.0 Å². The Kier molecular flexibility index (Phi) is 13.7. The van der Waals surface area contributed by atoms with Crippen molar-refractivity contribution in [3.8, 4) is 0 Å². The molecule has 3 aliphatic heterocycles. The Balaban J connectivity index is 0.884. The van der Waals surface area contributed by atoms with Gasteiger partial charge in [-0.3, -0.25) is 50.0 Å². The maximum atomic E-state index is 13.2. The van der Waals surface area contributed by atoms with Gasteiger partial charge in [0.2, 0.25) is 23.6 Å². The summed E-state index contributed by atoms with van der Waals surface area (Å²) in [6.45, 7) is 7.02. The standard InChI is InChI=1S/C42H50ClN9O5S/c1-24-25(2)58-42-37(24)38(27-13-15-28(43)16-14-27)49-32(39(45)52(42)26(3)44)21-35(54)46-19-8-6-4-5-7-9-20-47-36(55)22-48-31-12-10-11-29-30(31)23-51(41(29)57)33-17-18-34(53)50-40(33)56/h10-16,32-33,44-45,48H,4-9,17-23H2,1-3H3,(H,46,54)(H,47,55)(H,50,53,56)/t32-,33?/m0/s1. The maximum Gasteiger partial charge on any atom is 0.255 e. The quantitative estimate of drug-likeness (QED) is 0.0450. The molecule has 58 heavy (non-hydrogen) atoms. The van der Waals surface area contributed by atoms with E-state index in [2.05, 4.69) is 21.3 Å². The zero-order valence-electron chi connectivity index (χ0n) is 33.1. The highest BCUT2D eigenvalue weighted by Gasteiger charge is 2.40. The Hall–Kier alpha value is -5.41. The van der Waals surface area contributed by atoms with Gasteiger partial charge in [-0.25, -0.2) is 0 Å². The summed E-state index contributed by atoms with van der Waals surface area (Å²) < 4.78 is 0. The summed E-state index contributed by atoms with van der Waals surface area (Å²) in [5.41, 5.74) is 5.31. The number of thiophene rings is 1. The van der Waals surface area contributed by atoms with Crippen molar-refractivity contribution in [3.63, 3.8) is 0 Å². The van der Waals surface area contributed by atoms with Crippen LogP contribution in [0.4, 0.5) is 10.7 Å². The van der Waals surface area contributed by atoms with E-state index in [1.807, 2.05) is 32.0 Å². The van der Waals surface area contributed by atoms with Crippen molar-refractivity contribution in [3.05, 3.63) is 80.2 Å². The molecule has 6 N–H and O–H groups in total. The second-order valence-electron chi connectivity index (χ2n) is 14.9. The highest BCUT2D eigenvalue weighted by molar-refractivity contribution is 7.17. The molecule has 2 atom stereocenters. The minimum absolute atomic E-state index is 0.00962. The largest absolute Gasteiger partial charge is 0.376 e. The van der Waals surface area contributed by atoms with Gasteiger partial charge in [0.25, 0.3) is 5.91 Å². The van der Waals surface area contributed by atoms with Gasteiger partial charge in [-0.15, -0.1) is 11.3 Å². The van der Waals surface area contributed by atoms with Gasteiger partial charge in [-0.1, -0.05) is 55.5 Å². The number of amides is 5. The van der Waals surface area contributed by atoms with Crippen LogP contribution in [-0.2, 0) is 25.7 Å². The number of anilines is 2. The summed E-state index contributed by atoms with van der Waals surface area (Å²) in [4.78, 5) is 72.0. The van der Waals surface area contributed by atoms with Gasteiger partial charge in [0.15, 0.2) is 0 Å². The molecule has 1 unspecified atom stereocenters. The minimum atomic E-state index is -0.774. The number of piperidine rings is 1. The summed E-state index contributed by atoms with van der Waals surface area (Å²) in [5, 5.41) is 30.4. The third-order valence-corrected chi connectivity index (χ3v) is 12.2. The first-order chi connectivity index (χ1) is 27.8. The van der Waals surface area contributed by atoms with Gasteiger partial charge in [0, 0.05) is 63.9 Å². The number of nitrogens with zero attached hydrogens (tertiary/aromatic N) is 3. The van der Waals surface area contributed by atoms with Gasteiger partial charge in [-0.05, 0) is 69.9 Å². The van der Waals surface area contributed by atoms with Crippen LogP contribution >= 0.6 is 22.9 Å². The molecule has 4 heterocycles. The van der Waals surface area contributed by atoms with Crippen molar-refractivity contribution in [1.82, 2.24) is 20.9 Å². The molecule has 16 heteroatoms. The third-order valence-electron chi connectivity index (χ3n) is 10.7. The van der Waals surface area contributed by atoms with E-state index in [0.29, 0.717) is 35.1 Å². The van der Waals surface area contributed by atoms with Crippen LogP contribution in [0.25, 0.3) is 0 Å². The number of benzene rings is 2. The SMILES string of the molecule is CC(=N)N1C(=N)[C@H](CC(=O)NCCCCCCCCNC(=O)CNc2cccc3c2CN(C2CCC(=O)NC2=O)C3=O)N=C(c2ccc(Cl)cc2)c2c1sc(C)c2C.